The molecule has 1 fully saturated rings. The molecule has 2 heterocycles. The fourth-order valence-electron chi connectivity index (χ4n) is 3.74. The Bertz CT molecular complexity index is 1110. The lowest BCUT2D eigenvalue weighted by atomic mass is 10.1. The van der Waals surface area contributed by atoms with Gasteiger partial charge < -0.3 is 15.0 Å². The van der Waals surface area contributed by atoms with Crippen molar-refractivity contribution in [1.29, 1.82) is 0 Å². The minimum atomic E-state index is -0.268. The van der Waals surface area contributed by atoms with E-state index in [0.29, 0.717) is 28.4 Å². The van der Waals surface area contributed by atoms with Gasteiger partial charge in [-0.25, -0.2) is 4.68 Å². The highest BCUT2D eigenvalue weighted by atomic mass is 35.5. The molecular weight excluding hydrogens is 416 g/mol. The normalized spacial score (nSPS) is 14.1. The molecule has 1 saturated heterocycles. The van der Waals surface area contributed by atoms with E-state index >= 15 is 0 Å². The molecule has 162 valence electrons. The number of amides is 1. The molecule has 0 spiro atoms. The second-order valence-electron chi connectivity index (χ2n) is 7.59. The molecule has 0 bridgehead atoms. The zero-order valence-corrected chi connectivity index (χ0v) is 18.0. The van der Waals surface area contributed by atoms with Crippen LogP contribution in [0, 0.1) is 0 Å². The fourth-order valence-corrected chi connectivity index (χ4v) is 3.87. The smallest absolute Gasteiger partial charge is 0.274 e. The largest absolute Gasteiger partial charge is 0.484 e. The number of rotatable bonds is 8. The molecule has 3 aromatic rings. The van der Waals surface area contributed by atoms with E-state index in [-0.39, 0.29) is 24.6 Å². The van der Waals surface area contributed by atoms with Gasteiger partial charge in [-0.05, 0) is 56.3 Å². The van der Waals surface area contributed by atoms with Crippen LogP contribution in [0.15, 0.2) is 53.3 Å². The van der Waals surface area contributed by atoms with Gasteiger partial charge in [-0.3, -0.25) is 9.59 Å². The van der Waals surface area contributed by atoms with Crippen LogP contribution >= 0.6 is 11.6 Å². The SMILES string of the molecule is O=C(COc1ccc(Cl)cc1)NCc1nn(CCN2CCCC2)c(=O)c2ccccc12. The molecule has 1 amide bonds. The third kappa shape index (κ3) is 5.42. The number of hydrogen-bond donors (Lipinski definition) is 1. The maximum Gasteiger partial charge on any atom is 0.274 e. The van der Waals surface area contributed by atoms with E-state index in [1.807, 2.05) is 18.2 Å². The van der Waals surface area contributed by atoms with E-state index in [1.165, 1.54) is 17.5 Å². The molecule has 0 atom stereocenters. The van der Waals surface area contributed by atoms with Gasteiger partial charge in [-0.15, -0.1) is 0 Å². The Balaban J connectivity index is 1.44. The number of benzene rings is 2. The summed E-state index contributed by atoms with van der Waals surface area (Å²) in [5.41, 5.74) is 0.562. The Morgan fingerprint density at radius 1 is 1.03 bits per heavy atom. The van der Waals surface area contributed by atoms with Crippen LogP contribution in [0.5, 0.6) is 5.75 Å². The molecular formula is C23H25ClN4O3. The summed E-state index contributed by atoms with van der Waals surface area (Å²) in [6.45, 7) is 3.56. The van der Waals surface area contributed by atoms with E-state index in [9.17, 15) is 9.59 Å². The van der Waals surface area contributed by atoms with Crippen LogP contribution in [0.4, 0.5) is 0 Å². The van der Waals surface area contributed by atoms with Crippen molar-refractivity contribution in [3.63, 3.8) is 0 Å². The third-order valence-electron chi connectivity index (χ3n) is 5.41. The molecule has 1 aliphatic rings. The monoisotopic (exact) mass is 440 g/mol. The number of fused-ring (bicyclic) bond motifs is 1. The van der Waals surface area contributed by atoms with Crippen molar-refractivity contribution in [1.82, 2.24) is 20.0 Å². The van der Waals surface area contributed by atoms with E-state index in [2.05, 4.69) is 15.3 Å². The molecule has 2 aromatic carbocycles. The average Bonchev–Trinajstić information content (AvgIpc) is 3.31. The van der Waals surface area contributed by atoms with Crippen LogP contribution in [-0.2, 0) is 17.9 Å². The number of likely N-dealkylation sites (tertiary alicyclic amines) is 1. The minimum absolute atomic E-state index is 0.101. The van der Waals surface area contributed by atoms with Gasteiger partial charge in [0.15, 0.2) is 6.61 Å². The van der Waals surface area contributed by atoms with Crippen molar-refractivity contribution in [3.05, 3.63) is 69.6 Å². The van der Waals surface area contributed by atoms with Gasteiger partial charge in [0.2, 0.25) is 0 Å². The van der Waals surface area contributed by atoms with Gasteiger partial charge in [-0.1, -0.05) is 29.8 Å². The lowest BCUT2D eigenvalue weighted by molar-refractivity contribution is -0.123. The lowest BCUT2D eigenvalue weighted by Gasteiger charge is -2.16. The molecule has 0 unspecified atom stereocenters. The van der Waals surface area contributed by atoms with Crippen molar-refractivity contribution >= 4 is 28.3 Å². The number of nitrogens with zero attached hydrogens (tertiary/aromatic N) is 3. The molecule has 0 radical (unpaired) electrons. The Morgan fingerprint density at radius 2 is 1.74 bits per heavy atom. The lowest BCUT2D eigenvalue weighted by Crippen LogP contribution is -2.33. The molecule has 0 aliphatic carbocycles. The summed E-state index contributed by atoms with van der Waals surface area (Å²) in [5, 5.41) is 9.38. The average molecular weight is 441 g/mol. The van der Waals surface area contributed by atoms with Crippen LogP contribution in [0.25, 0.3) is 10.8 Å². The van der Waals surface area contributed by atoms with Gasteiger partial charge in [0.1, 0.15) is 5.75 Å². The molecule has 1 N–H and O–H groups in total. The number of nitrogens with one attached hydrogen (secondary N) is 1. The first kappa shape index (κ1) is 21.3. The summed E-state index contributed by atoms with van der Waals surface area (Å²) < 4.78 is 7.01. The summed E-state index contributed by atoms with van der Waals surface area (Å²) in [5.74, 6) is 0.300. The summed E-state index contributed by atoms with van der Waals surface area (Å²) in [4.78, 5) is 27.5. The second-order valence-corrected chi connectivity index (χ2v) is 8.03. The van der Waals surface area contributed by atoms with Crippen LogP contribution in [-0.4, -0.2) is 46.8 Å². The van der Waals surface area contributed by atoms with Crippen molar-refractivity contribution < 1.29 is 9.53 Å². The number of aromatic nitrogens is 2. The Kier molecular flexibility index (Phi) is 6.84. The fraction of sp³-hybridized carbons (Fsp3) is 0.348. The standard InChI is InChI=1S/C23H25ClN4O3/c24-17-7-9-18(10-8-17)31-16-22(29)25-15-21-19-5-1-2-6-20(19)23(30)28(26-21)14-13-27-11-3-4-12-27/h1-2,5-10H,3-4,11-16H2,(H,25,29). The van der Waals surface area contributed by atoms with E-state index in [1.54, 1.807) is 30.3 Å². The Morgan fingerprint density at radius 3 is 2.48 bits per heavy atom. The molecule has 0 saturated carbocycles. The first-order chi connectivity index (χ1) is 15.1. The van der Waals surface area contributed by atoms with Crippen LogP contribution in [0.3, 0.4) is 0 Å². The van der Waals surface area contributed by atoms with Crippen molar-refractivity contribution in [2.45, 2.75) is 25.9 Å². The summed E-state index contributed by atoms with van der Waals surface area (Å²) in [6, 6.07) is 14.2. The molecule has 8 heteroatoms. The summed E-state index contributed by atoms with van der Waals surface area (Å²) in [6.07, 6.45) is 2.41. The molecule has 7 nitrogen and oxygen atoms in total. The first-order valence-corrected chi connectivity index (χ1v) is 10.8. The maximum atomic E-state index is 12.9. The first-order valence-electron chi connectivity index (χ1n) is 10.5. The summed E-state index contributed by atoms with van der Waals surface area (Å²) >= 11 is 5.85. The number of carbonyl (C=O) groups is 1. The van der Waals surface area contributed by atoms with Crippen molar-refractivity contribution in [2.24, 2.45) is 0 Å². The molecule has 31 heavy (non-hydrogen) atoms. The molecule has 1 aliphatic heterocycles. The highest BCUT2D eigenvalue weighted by Gasteiger charge is 2.15. The van der Waals surface area contributed by atoms with E-state index in [0.717, 1.165) is 25.0 Å². The zero-order chi connectivity index (χ0) is 21.6. The van der Waals surface area contributed by atoms with Gasteiger partial charge >= 0.3 is 0 Å². The number of ether oxygens (including phenoxy) is 1. The molecule has 4 rings (SSSR count). The topological polar surface area (TPSA) is 76.5 Å². The maximum absolute atomic E-state index is 12.9. The number of carbonyl (C=O) groups excluding carboxylic acids is 1. The molecule has 1 aromatic heterocycles. The zero-order valence-electron chi connectivity index (χ0n) is 17.2. The van der Waals surface area contributed by atoms with Gasteiger partial charge in [-0.2, -0.15) is 5.10 Å². The van der Waals surface area contributed by atoms with Gasteiger partial charge in [0.05, 0.1) is 24.2 Å². The highest BCUT2D eigenvalue weighted by molar-refractivity contribution is 6.30. The predicted octanol–water partition coefficient (Wildman–Crippen LogP) is 2.84. The van der Waals surface area contributed by atoms with Gasteiger partial charge in [0, 0.05) is 17.0 Å². The third-order valence-corrected chi connectivity index (χ3v) is 5.66. The van der Waals surface area contributed by atoms with Crippen LogP contribution < -0.4 is 15.6 Å². The van der Waals surface area contributed by atoms with Gasteiger partial charge in [0.25, 0.3) is 11.5 Å². The van der Waals surface area contributed by atoms with Crippen molar-refractivity contribution in [3.8, 4) is 5.75 Å². The number of halogens is 1. The number of hydrogen-bond acceptors (Lipinski definition) is 5. The Hall–Kier alpha value is -2.90. The van der Waals surface area contributed by atoms with Crippen LogP contribution in [0.2, 0.25) is 5.02 Å². The predicted molar refractivity (Wildman–Crippen MR) is 120 cm³/mol. The van der Waals surface area contributed by atoms with E-state index < -0.39 is 0 Å². The Labute approximate surface area is 185 Å². The highest BCUT2D eigenvalue weighted by Crippen LogP contribution is 2.16. The second kappa shape index (κ2) is 9.94. The van der Waals surface area contributed by atoms with E-state index in [4.69, 9.17) is 16.3 Å². The summed E-state index contributed by atoms with van der Waals surface area (Å²) in [7, 11) is 0. The van der Waals surface area contributed by atoms with Crippen LogP contribution in [0.1, 0.15) is 18.5 Å². The minimum Gasteiger partial charge on any atom is -0.484 e. The van der Waals surface area contributed by atoms with Crippen molar-refractivity contribution in [2.75, 3.05) is 26.2 Å². The quantitative estimate of drug-likeness (QED) is 0.583.